The molecule has 1 amide bonds. The topological polar surface area (TPSA) is 61.4 Å². The summed E-state index contributed by atoms with van der Waals surface area (Å²) in [5.41, 5.74) is 4.35. The van der Waals surface area contributed by atoms with Crippen LogP contribution < -0.4 is 15.1 Å². The molecule has 2 aromatic carbocycles. The van der Waals surface area contributed by atoms with Gasteiger partial charge in [-0.2, -0.15) is 0 Å². The van der Waals surface area contributed by atoms with Crippen molar-refractivity contribution in [2.75, 3.05) is 47.0 Å². The number of carbonyl (C=O) groups is 1. The smallest absolute Gasteiger partial charge is 0.234 e. The summed E-state index contributed by atoms with van der Waals surface area (Å²) in [4.78, 5) is 26.2. The number of carbonyl (C=O) groups excluding carboxylic acids is 1. The van der Waals surface area contributed by atoms with Gasteiger partial charge in [-0.25, -0.2) is 9.97 Å². The monoisotopic (exact) mass is 433 g/mol. The predicted octanol–water partition coefficient (Wildman–Crippen LogP) is 4.15. The Bertz CT molecular complexity index is 1010. The van der Waals surface area contributed by atoms with Crippen molar-refractivity contribution in [1.82, 2.24) is 9.97 Å². The van der Waals surface area contributed by atoms with E-state index in [1.807, 2.05) is 32.0 Å². The van der Waals surface area contributed by atoms with E-state index in [1.54, 1.807) is 12.4 Å². The molecule has 1 N–H and O–H groups in total. The Morgan fingerprint density at radius 3 is 2.29 bits per heavy atom. The molecule has 1 aliphatic rings. The lowest BCUT2D eigenvalue weighted by atomic mass is 10.1. The Morgan fingerprint density at radius 1 is 0.935 bits per heavy atom. The first kappa shape index (κ1) is 21.2. The lowest BCUT2D eigenvalue weighted by Gasteiger charge is -2.37. The first-order chi connectivity index (χ1) is 15.1. The van der Waals surface area contributed by atoms with Crippen molar-refractivity contribution >= 4 is 34.9 Å². The minimum absolute atomic E-state index is 0.0412. The lowest BCUT2D eigenvalue weighted by Crippen LogP contribution is -2.47. The quantitative estimate of drug-likeness (QED) is 0.589. The molecule has 4 rings (SSSR count). The van der Waals surface area contributed by atoms with Gasteiger partial charge >= 0.3 is 0 Å². The second kappa shape index (κ2) is 9.83. The molecule has 1 aliphatic heterocycles. The molecule has 7 heteroatoms. The van der Waals surface area contributed by atoms with Crippen LogP contribution in [0.2, 0.25) is 0 Å². The number of piperazine rings is 1. The molecule has 1 saturated heterocycles. The van der Waals surface area contributed by atoms with Crippen molar-refractivity contribution in [3.63, 3.8) is 0 Å². The normalized spacial score (nSPS) is 13.9. The third kappa shape index (κ3) is 5.55. The number of hydrogen-bond acceptors (Lipinski definition) is 6. The molecule has 0 radical (unpaired) electrons. The maximum Gasteiger partial charge on any atom is 0.234 e. The third-order valence-electron chi connectivity index (χ3n) is 5.19. The van der Waals surface area contributed by atoms with E-state index >= 15 is 0 Å². The summed E-state index contributed by atoms with van der Waals surface area (Å²) < 4.78 is 0. The maximum atomic E-state index is 12.5. The summed E-state index contributed by atoms with van der Waals surface area (Å²) >= 11 is 1.43. The summed E-state index contributed by atoms with van der Waals surface area (Å²) in [6, 6.07) is 16.5. The Morgan fingerprint density at radius 2 is 1.58 bits per heavy atom. The van der Waals surface area contributed by atoms with Crippen LogP contribution in [-0.2, 0) is 4.79 Å². The van der Waals surface area contributed by atoms with Crippen molar-refractivity contribution in [2.45, 2.75) is 18.9 Å². The summed E-state index contributed by atoms with van der Waals surface area (Å²) in [7, 11) is 0. The number of benzene rings is 2. The van der Waals surface area contributed by atoms with Crippen LogP contribution in [0.4, 0.5) is 17.2 Å². The summed E-state index contributed by atoms with van der Waals surface area (Å²) in [5.74, 6) is 1.11. The van der Waals surface area contributed by atoms with Crippen LogP contribution in [0, 0.1) is 13.8 Å². The van der Waals surface area contributed by atoms with Gasteiger partial charge in [0, 0.05) is 49.9 Å². The van der Waals surface area contributed by atoms with Crippen LogP contribution >= 0.6 is 11.8 Å². The van der Waals surface area contributed by atoms with Gasteiger partial charge < -0.3 is 15.1 Å². The molecule has 2 heterocycles. The molecule has 1 aromatic heterocycles. The zero-order chi connectivity index (χ0) is 21.6. The second-order valence-corrected chi connectivity index (χ2v) is 8.67. The van der Waals surface area contributed by atoms with E-state index in [0.29, 0.717) is 5.75 Å². The number of nitrogens with one attached hydrogen (secondary N) is 1. The van der Waals surface area contributed by atoms with E-state index in [1.165, 1.54) is 17.4 Å². The molecule has 0 saturated carbocycles. The Balaban J connectivity index is 1.36. The Hall–Kier alpha value is -3.06. The summed E-state index contributed by atoms with van der Waals surface area (Å²) in [5, 5.41) is 3.79. The predicted molar refractivity (Wildman–Crippen MR) is 128 cm³/mol. The van der Waals surface area contributed by atoms with Gasteiger partial charge in [0.1, 0.15) is 5.03 Å². The zero-order valence-corrected chi connectivity index (χ0v) is 18.7. The van der Waals surface area contributed by atoms with Crippen molar-refractivity contribution in [3.05, 3.63) is 72.1 Å². The van der Waals surface area contributed by atoms with Crippen LogP contribution in [0.3, 0.4) is 0 Å². The number of amides is 1. The van der Waals surface area contributed by atoms with Gasteiger partial charge in [0.2, 0.25) is 5.91 Å². The van der Waals surface area contributed by atoms with Gasteiger partial charge in [-0.3, -0.25) is 4.79 Å². The third-order valence-corrected chi connectivity index (χ3v) is 6.16. The number of rotatable bonds is 6. The first-order valence-corrected chi connectivity index (χ1v) is 11.4. The fourth-order valence-corrected chi connectivity index (χ4v) is 4.62. The molecule has 160 valence electrons. The van der Waals surface area contributed by atoms with Crippen molar-refractivity contribution in [3.8, 4) is 0 Å². The van der Waals surface area contributed by atoms with Crippen LogP contribution in [0.15, 0.2) is 66.0 Å². The van der Waals surface area contributed by atoms with Crippen LogP contribution in [0.1, 0.15) is 11.1 Å². The largest absolute Gasteiger partial charge is 0.368 e. The van der Waals surface area contributed by atoms with Gasteiger partial charge in [-0.1, -0.05) is 36.0 Å². The molecule has 0 unspecified atom stereocenters. The SMILES string of the molecule is Cc1cc(C)cc(NC(=O)CSc2nccnc2N2CCN(c3ccccc3)CC2)c1. The van der Waals surface area contributed by atoms with Gasteiger partial charge in [0.15, 0.2) is 5.82 Å². The number of aryl methyl sites for hydroxylation is 2. The lowest BCUT2D eigenvalue weighted by molar-refractivity contribution is -0.113. The average Bonchev–Trinajstić information content (AvgIpc) is 2.78. The fourth-order valence-electron chi connectivity index (χ4n) is 3.83. The van der Waals surface area contributed by atoms with Gasteiger partial charge in [-0.05, 0) is 49.2 Å². The highest BCUT2D eigenvalue weighted by atomic mass is 32.2. The molecule has 0 spiro atoms. The number of anilines is 3. The Kier molecular flexibility index (Phi) is 6.72. The second-order valence-electron chi connectivity index (χ2n) is 7.71. The fraction of sp³-hybridized carbons (Fsp3) is 0.292. The zero-order valence-electron chi connectivity index (χ0n) is 17.9. The van der Waals surface area contributed by atoms with Crippen LogP contribution in [0.5, 0.6) is 0 Å². The molecule has 1 fully saturated rings. The standard InChI is InChI=1S/C24H27N5OS/c1-18-14-19(2)16-20(15-18)27-22(30)17-31-24-23(25-8-9-26-24)29-12-10-28(11-13-29)21-6-4-3-5-7-21/h3-9,14-16H,10-13,17H2,1-2H3,(H,27,30). The first-order valence-electron chi connectivity index (χ1n) is 10.5. The van der Waals surface area contributed by atoms with Gasteiger partial charge in [0.25, 0.3) is 0 Å². The molecule has 31 heavy (non-hydrogen) atoms. The molecule has 0 bridgehead atoms. The van der Waals surface area contributed by atoms with Crippen LogP contribution in [0.25, 0.3) is 0 Å². The maximum absolute atomic E-state index is 12.5. The molecule has 3 aromatic rings. The Labute approximate surface area is 187 Å². The van der Waals surface area contributed by atoms with Crippen molar-refractivity contribution in [2.24, 2.45) is 0 Å². The number of hydrogen-bond donors (Lipinski definition) is 1. The van der Waals surface area contributed by atoms with Crippen molar-refractivity contribution in [1.29, 1.82) is 0 Å². The van der Waals surface area contributed by atoms with Crippen LogP contribution in [-0.4, -0.2) is 47.8 Å². The van der Waals surface area contributed by atoms with Gasteiger partial charge in [0.05, 0.1) is 5.75 Å². The summed E-state index contributed by atoms with van der Waals surface area (Å²) in [6.45, 7) is 7.66. The number of para-hydroxylation sites is 1. The van der Waals surface area contributed by atoms with E-state index in [2.05, 4.69) is 55.4 Å². The van der Waals surface area contributed by atoms with E-state index in [-0.39, 0.29) is 5.91 Å². The highest BCUT2D eigenvalue weighted by Crippen LogP contribution is 2.27. The average molecular weight is 434 g/mol. The number of thioether (sulfide) groups is 1. The molecule has 6 nitrogen and oxygen atoms in total. The highest BCUT2D eigenvalue weighted by Gasteiger charge is 2.21. The highest BCUT2D eigenvalue weighted by molar-refractivity contribution is 8.00. The van der Waals surface area contributed by atoms with E-state index < -0.39 is 0 Å². The van der Waals surface area contributed by atoms with E-state index in [4.69, 9.17) is 0 Å². The molecular weight excluding hydrogens is 406 g/mol. The summed E-state index contributed by atoms with van der Waals surface area (Å²) in [6.07, 6.45) is 3.41. The number of nitrogens with zero attached hydrogens (tertiary/aromatic N) is 4. The molecule has 0 aliphatic carbocycles. The number of aromatic nitrogens is 2. The van der Waals surface area contributed by atoms with E-state index in [9.17, 15) is 4.79 Å². The van der Waals surface area contributed by atoms with Gasteiger partial charge in [-0.15, -0.1) is 0 Å². The van der Waals surface area contributed by atoms with Crippen molar-refractivity contribution < 1.29 is 4.79 Å². The molecule has 0 atom stereocenters. The van der Waals surface area contributed by atoms with E-state index in [0.717, 1.165) is 53.8 Å². The minimum atomic E-state index is -0.0412. The minimum Gasteiger partial charge on any atom is -0.368 e. The molecular formula is C24H27N5OS.